The number of halogens is 1. The van der Waals surface area contributed by atoms with Crippen LogP contribution in [0.5, 0.6) is 5.75 Å². The molecule has 0 radical (unpaired) electrons. The fourth-order valence-corrected chi connectivity index (χ4v) is 3.18. The number of benzene rings is 1. The van der Waals surface area contributed by atoms with Gasteiger partial charge in [-0.1, -0.05) is 12.1 Å². The number of aryl methyl sites for hydroxylation is 1. The van der Waals surface area contributed by atoms with Crippen LogP contribution in [0.3, 0.4) is 0 Å². The molecule has 1 aliphatic heterocycles. The number of carbonyl (C=O) groups is 1. The van der Waals surface area contributed by atoms with Gasteiger partial charge in [-0.15, -0.1) is 24.0 Å². The smallest absolute Gasteiger partial charge is 0.239 e. The Balaban J connectivity index is 0.00000363. The van der Waals surface area contributed by atoms with E-state index in [0.717, 1.165) is 36.5 Å². The summed E-state index contributed by atoms with van der Waals surface area (Å²) >= 11 is 0. The van der Waals surface area contributed by atoms with Crippen LogP contribution in [0.1, 0.15) is 30.2 Å². The molecular formula is C23H33IN4O4. The molecule has 0 aliphatic carbocycles. The van der Waals surface area contributed by atoms with Crippen molar-refractivity contribution < 1.29 is 18.7 Å². The SMILES string of the molecule is CCNC(=NCc1ccc(C)cc1OCC1CCOC1)NCC(=O)NCc1ccco1.I. The van der Waals surface area contributed by atoms with Crippen LogP contribution in [0.25, 0.3) is 0 Å². The lowest BCUT2D eigenvalue weighted by molar-refractivity contribution is -0.120. The second kappa shape index (κ2) is 14.0. The van der Waals surface area contributed by atoms with E-state index in [4.69, 9.17) is 13.9 Å². The first-order valence-corrected chi connectivity index (χ1v) is 10.8. The molecule has 3 rings (SSSR count). The maximum atomic E-state index is 12.1. The molecule has 8 nitrogen and oxygen atoms in total. The van der Waals surface area contributed by atoms with Crippen LogP contribution in [0, 0.1) is 12.8 Å². The Morgan fingerprint density at radius 2 is 2.12 bits per heavy atom. The van der Waals surface area contributed by atoms with E-state index >= 15 is 0 Å². The van der Waals surface area contributed by atoms with Gasteiger partial charge in [0.05, 0.1) is 39.1 Å². The van der Waals surface area contributed by atoms with Gasteiger partial charge in [-0.05, 0) is 44.0 Å². The van der Waals surface area contributed by atoms with Gasteiger partial charge in [0.2, 0.25) is 5.91 Å². The summed E-state index contributed by atoms with van der Waals surface area (Å²) in [6, 6.07) is 9.75. The summed E-state index contributed by atoms with van der Waals surface area (Å²) in [7, 11) is 0. The molecule has 0 bridgehead atoms. The van der Waals surface area contributed by atoms with Crippen LogP contribution in [-0.4, -0.2) is 44.8 Å². The number of hydrogen-bond acceptors (Lipinski definition) is 5. The molecule has 1 aromatic heterocycles. The van der Waals surface area contributed by atoms with Crippen molar-refractivity contribution in [2.45, 2.75) is 33.4 Å². The molecule has 32 heavy (non-hydrogen) atoms. The number of rotatable bonds is 10. The number of hydrogen-bond donors (Lipinski definition) is 3. The molecule has 9 heteroatoms. The molecule has 3 N–H and O–H groups in total. The lowest BCUT2D eigenvalue weighted by Crippen LogP contribution is -2.43. The highest BCUT2D eigenvalue weighted by atomic mass is 127. The predicted octanol–water partition coefficient (Wildman–Crippen LogP) is 2.99. The third kappa shape index (κ3) is 8.70. The van der Waals surface area contributed by atoms with Crippen molar-refractivity contribution in [3.05, 3.63) is 53.5 Å². The van der Waals surface area contributed by atoms with E-state index in [1.807, 2.05) is 32.0 Å². The minimum absolute atomic E-state index is 0. The molecule has 1 aliphatic rings. The Hall–Kier alpha value is -2.27. The molecule has 0 saturated carbocycles. The zero-order chi connectivity index (χ0) is 21.9. The van der Waals surface area contributed by atoms with Crippen LogP contribution in [0.15, 0.2) is 46.0 Å². The Morgan fingerprint density at radius 1 is 1.25 bits per heavy atom. The zero-order valence-electron chi connectivity index (χ0n) is 18.7. The molecule has 1 fully saturated rings. The van der Waals surface area contributed by atoms with Gasteiger partial charge in [-0.2, -0.15) is 0 Å². The fourth-order valence-electron chi connectivity index (χ4n) is 3.18. The van der Waals surface area contributed by atoms with Crippen molar-refractivity contribution in [3.8, 4) is 5.75 Å². The molecule has 1 unspecified atom stereocenters. The fraction of sp³-hybridized carbons (Fsp3) is 0.478. The van der Waals surface area contributed by atoms with E-state index in [1.165, 1.54) is 0 Å². The number of aliphatic imine (C=N–C) groups is 1. The topological polar surface area (TPSA) is 97.1 Å². The molecular weight excluding hydrogens is 523 g/mol. The van der Waals surface area contributed by atoms with Crippen LogP contribution in [0.4, 0.5) is 0 Å². The molecule has 2 heterocycles. The minimum Gasteiger partial charge on any atom is -0.493 e. The van der Waals surface area contributed by atoms with E-state index in [2.05, 4.69) is 27.0 Å². The largest absolute Gasteiger partial charge is 0.493 e. The van der Waals surface area contributed by atoms with Crippen molar-refractivity contribution in [2.75, 3.05) is 32.9 Å². The van der Waals surface area contributed by atoms with Crippen molar-refractivity contribution in [2.24, 2.45) is 10.9 Å². The predicted molar refractivity (Wildman–Crippen MR) is 134 cm³/mol. The molecule has 1 saturated heterocycles. The van der Waals surface area contributed by atoms with Gasteiger partial charge in [0, 0.05) is 24.6 Å². The van der Waals surface area contributed by atoms with E-state index in [-0.39, 0.29) is 36.4 Å². The number of ether oxygens (including phenoxy) is 2. The summed E-state index contributed by atoms with van der Waals surface area (Å²) in [6.45, 7) is 7.86. The number of nitrogens with zero attached hydrogens (tertiary/aromatic N) is 1. The molecule has 176 valence electrons. The Kier molecular flexibility index (Phi) is 11.4. The van der Waals surface area contributed by atoms with Crippen molar-refractivity contribution in [3.63, 3.8) is 0 Å². The zero-order valence-corrected chi connectivity index (χ0v) is 21.0. The van der Waals surface area contributed by atoms with Crippen LogP contribution in [-0.2, 0) is 22.6 Å². The first-order chi connectivity index (χ1) is 15.1. The summed E-state index contributed by atoms with van der Waals surface area (Å²) < 4.78 is 16.7. The van der Waals surface area contributed by atoms with Gasteiger partial charge in [0.15, 0.2) is 5.96 Å². The molecule has 1 amide bonds. The van der Waals surface area contributed by atoms with E-state index < -0.39 is 0 Å². The Bertz CT molecular complexity index is 852. The lowest BCUT2D eigenvalue weighted by Gasteiger charge is -2.15. The number of furan rings is 1. The standard InChI is InChI=1S/C23H32N4O4.HI/c1-3-24-23(27-14-22(28)25-13-20-5-4-9-30-20)26-12-19-7-6-17(2)11-21(19)31-16-18-8-10-29-15-18;/h4-7,9,11,18H,3,8,10,12-16H2,1-2H3,(H,25,28)(H2,24,26,27);1H. The van der Waals surface area contributed by atoms with E-state index in [0.29, 0.717) is 43.9 Å². The van der Waals surface area contributed by atoms with Crippen molar-refractivity contribution in [1.82, 2.24) is 16.0 Å². The van der Waals surface area contributed by atoms with Gasteiger partial charge in [0.25, 0.3) is 0 Å². The van der Waals surface area contributed by atoms with E-state index in [1.54, 1.807) is 12.3 Å². The Morgan fingerprint density at radius 3 is 2.84 bits per heavy atom. The third-order valence-corrected chi connectivity index (χ3v) is 4.93. The van der Waals surface area contributed by atoms with Gasteiger partial charge in [-0.3, -0.25) is 4.79 Å². The summed E-state index contributed by atoms with van der Waals surface area (Å²) in [5, 5.41) is 9.04. The van der Waals surface area contributed by atoms with Gasteiger partial charge in [0.1, 0.15) is 11.5 Å². The highest BCUT2D eigenvalue weighted by Crippen LogP contribution is 2.23. The van der Waals surface area contributed by atoms with Gasteiger partial charge in [-0.25, -0.2) is 4.99 Å². The molecule has 2 aromatic rings. The molecule has 0 spiro atoms. The Labute approximate surface area is 206 Å². The summed E-state index contributed by atoms with van der Waals surface area (Å²) in [4.78, 5) is 16.7. The first kappa shape index (κ1) is 26.0. The van der Waals surface area contributed by atoms with Gasteiger partial charge < -0.3 is 29.8 Å². The highest BCUT2D eigenvalue weighted by molar-refractivity contribution is 14.0. The van der Waals surface area contributed by atoms with E-state index in [9.17, 15) is 4.79 Å². The average molecular weight is 556 g/mol. The van der Waals surface area contributed by atoms with Crippen LogP contribution >= 0.6 is 24.0 Å². The second-order valence-electron chi connectivity index (χ2n) is 7.56. The lowest BCUT2D eigenvalue weighted by atomic mass is 10.1. The maximum absolute atomic E-state index is 12.1. The first-order valence-electron chi connectivity index (χ1n) is 10.8. The van der Waals surface area contributed by atoms with Crippen LogP contribution < -0.4 is 20.7 Å². The minimum atomic E-state index is -0.139. The average Bonchev–Trinajstić information content (AvgIpc) is 3.48. The number of carbonyl (C=O) groups excluding carboxylic acids is 1. The quantitative estimate of drug-likeness (QED) is 0.237. The summed E-state index contributed by atoms with van der Waals surface area (Å²) in [5.41, 5.74) is 2.15. The highest BCUT2D eigenvalue weighted by Gasteiger charge is 2.17. The van der Waals surface area contributed by atoms with Crippen molar-refractivity contribution >= 4 is 35.8 Å². The number of guanidine groups is 1. The number of amides is 1. The monoisotopic (exact) mass is 556 g/mol. The van der Waals surface area contributed by atoms with Gasteiger partial charge >= 0.3 is 0 Å². The van der Waals surface area contributed by atoms with Crippen molar-refractivity contribution in [1.29, 1.82) is 0 Å². The second-order valence-corrected chi connectivity index (χ2v) is 7.56. The normalized spacial score (nSPS) is 15.7. The maximum Gasteiger partial charge on any atom is 0.239 e. The van der Waals surface area contributed by atoms with Crippen LogP contribution in [0.2, 0.25) is 0 Å². The molecule has 1 aromatic carbocycles. The molecule has 1 atom stereocenters. The third-order valence-electron chi connectivity index (χ3n) is 4.93. The summed E-state index contributed by atoms with van der Waals surface area (Å²) in [6.07, 6.45) is 2.62. The summed E-state index contributed by atoms with van der Waals surface area (Å²) in [5.74, 6) is 2.44. The number of nitrogens with one attached hydrogen (secondary N) is 3.